The molecule has 1 heterocycles. The van der Waals surface area contributed by atoms with Gasteiger partial charge >= 0.3 is 0 Å². The van der Waals surface area contributed by atoms with Crippen LogP contribution in [0.3, 0.4) is 0 Å². The average molecular weight is 253 g/mol. The van der Waals surface area contributed by atoms with Crippen LogP contribution in [0.2, 0.25) is 0 Å². The summed E-state index contributed by atoms with van der Waals surface area (Å²) < 4.78 is 0. The fourth-order valence-electron chi connectivity index (χ4n) is 3.29. The molecule has 2 rings (SSSR count). The summed E-state index contributed by atoms with van der Waals surface area (Å²) in [4.78, 5) is 16.7. The smallest absolute Gasteiger partial charge is 0.225 e. The molecule has 0 radical (unpaired) electrons. The van der Waals surface area contributed by atoms with E-state index in [2.05, 4.69) is 11.9 Å². The van der Waals surface area contributed by atoms with Crippen molar-refractivity contribution in [1.29, 1.82) is 0 Å². The van der Waals surface area contributed by atoms with E-state index in [-0.39, 0.29) is 5.92 Å². The summed E-state index contributed by atoms with van der Waals surface area (Å²) in [5.74, 6) is 0.559. The second-order valence-electron chi connectivity index (χ2n) is 6.11. The third-order valence-corrected chi connectivity index (χ3v) is 4.65. The van der Waals surface area contributed by atoms with Crippen LogP contribution in [0.4, 0.5) is 0 Å². The molecule has 0 aromatic rings. The van der Waals surface area contributed by atoms with Crippen LogP contribution in [0.25, 0.3) is 0 Å². The van der Waals surface area contributed by atoms with Crippen molar-refractivity contribution >= 4 is 5.91 Å². The third-order valence-electron chi connectivity index (χ3n) is 4.65. The quantitative estimate of drug-likeness (QED) is 0.818. The standard InChI is InChI=1S/C14H27N3O/c1-16-9-3-4-13(16)10-17(2)14(18)11-5-7-12(15)8-6-11/h11-13H,3-10,15H2,1-2H3. The molecule has 1 unspecified atom stereocenters. The Labute approximate surface area is 110 Å². The molecule has 0 spiro atoms. The van der Waals surface area contributed by atoms with Crippen molar-refractivity contribution < 1.29 is 4.79 Å². The lowest BCUT2D eigenvalue weighted by Gasteiger charge is -2.31. The maximum atomic E-state index is 12.4. The molecule has 4 nitrogen and oxygen atoms in total. The maximum Gasteiger partial charge on any atom is 0.225 e. The number of nitrogens with two attached hydrogens (primary N) is 1. The highest BCUT2D eigenvalue weighted by molar-refractivity contribution is 5.78. The van der Waals surface area contributed by atoms with E-state index in [4.69, 9.17) is 5.73 Å². The SMILES string of the molecule is CN(CC1CCCN1C)C(=O)C1CCC(N)CC1. The minimum Gasteiger partial charge on any atom is -0.344 e. The summed E-state index contributed by atoms with van der Waals surface area (Å²) in [5.41, 5.74) is 5.89. The maximum absolute atomic E-state index is 12.4. The summed E-state index contributed by atoms with van der Waals surface area (Å²) in [5, 5.41) is 0. The van der Waals surface area contributed by atoms with Gasteiger partial charge in [0.15, 0.2) is 0 Å². The van der Waals surface area contributed by atoms with Gasteiger partial charge in [0.25, 0.3) is 0 Å². The minimum atomic E-state index is 0.224. The topological polar surface area (TPSA) is 49.6 Å². The van der Waals surface area contributed by atoms with E-state index in [0.29, 0.717) is 18.0 Å². The van der Waals surface area contributed by atoms with Crippen LogP contribution in [0.1, 0.15) is 38.5 Å². The average Bonchev–Trinajstić information content (AvgIpc) is 2.75. The number of carbonyl (C=O) groups excluding carboxylic acids is 1. The van der Waals surface area contributed by atoms with Gasteiger partial charge in [0.05, 0.1) is 0 Å². The molecule has 4 heteroatoms. The number of carbonyl (C=O) groups is 1. The van der Waals surface area contributed by atoms with Crippen LogP contribution < -0.4 is 5.73 Å². The molecule has 1 aliphatic heterocycles. The first-order valence-electron chi connectivity index (χ1n) is 7.28. The van der Waals surface area contributed by atoms with Crippen molar-refractivity contribution in [2.75, 3.05) is 27.2 Å². The summed E-state index contributed by atoms with van der Waals surface area (Å²) in [7, 11) is 4.12. The fourth-order valence-corrected chi connectivity index (χ4v) is 3.29. The Morgan fingerprint density at radius 1 is 1.28 bits per heavy atom. The lowest BCUT2D eigenvalue weighted by atomic mass is 9.85. The van der Waals surface area contributed by atoms with Gasteiger partial charge in [-0.3, -0.25) is 4.79 Å². The van der Waals surface area contributed by atoms with Crippen molar-refractivity contribution in [2.45, 2.75) is 50.6 Å². The van der Waals surface area contributed by atoms with E-state index in [0.717, 1.165) is 32.2 Å². The summed E-state index contributed by atoms with van der Waals surface area (Å²) >= 11 is 0. The van der Waals surface area contributed by atoms with Gasteiger partial charge in [0.1, 0.15) is 0 Å². The molecule has 2 fully saturated rings. The molecule has 1 amide bonds. The largest absolute Gasteiger partial charge is 0.344 e. The monoisotopic (exact) mass is 253 g/mol. The normalized spacial score (nSPS) is 33.6. The zero-order valence-corrected chi connectivity index (χ0v) is 11.8. The van der Waals surface area contributed by atoms with Gasteiger partial charge in [0.2, 0.25) is 5.91 Å². The first kappa shape index (κ1) is 13.8. The first-order valence-corrected chi connectivity index (χ1v) is 7.28. The number of hydrogen-bond acceptors (Lipinski definition) is 3. The van der Waals surface area contributed by atoms with Gasteiger partial charge in [-0.15, -0.1) is 0 Å². The van der Waals surface area contributed by atoms with Crippen molar-refractivity contribution in [3.05, 3.63) is 0 Å². The Balaban J connectivity index is 1.81. The van der Waals surface area contributed by atoms with Gasteiger partial charge in [-0.1, -0.05) is 0 Å². The van der Waals surface area contributed by atoms with Crippen LogP contribution >= 0.6 is 0 Å². The summed E-state index contributed by atoms with van der Waals surface area (Å²) in [6, 6.07) is 0.880. The number of rotatable bonds is 3. The molecule has 1 saturated heterocycles. The molecule has 1 saturated carbocycles. The molecule has 0 aromatic heterocycles. The summed E-state index contributed by atoms with van der Waals surface area (Å²) in [6.07, 6.45) is 6.46. The number of likely N-dealkylation sites (N-methyl/N-ethyl adjacent to an activating group) is 2. The van der Waals surface area contributed by atoms with E-state index < -0.39 is 0 Å². The van der Waals surface area contributed by atoms with Gasteiger partial charge in [0, 0.05) is 31.6 Å². The molecular weight excluding hydrogens is 226 g/mol. The molecule has 18 heavy (non-hydrogen) atoms. The van der Waals surface area contributed by atoms with Crippen LogP contribution in [0.15, 0.2) is 0 Å². The van der Waals surface area contributed by atoms with Crippen molar-refractivity contribution in [2.24, 2.45) is 11.7 Å². The molecule has 0 bridgehead atoms. The van der Waals surface area contributed by atoms with E-state index in [9.17, 15) is 4.79 Å². The minimum absolute atomic E-state index is 0.224. The van der Waals surface area contributed by atoms with Gasteiger partial charge in [-0.2, -0.15) is 0 Å². The molecule has 2 N–H and O–H groups in total. The molecule has 1 atom stereocenters. The predicted molar refractivity (Wildman–Crippen MR) is 73.2 cm³/mol. The van der Waals surface area contributed by atoms with E-state index >= 15 is 0 Å². The summed E-state index contributed by atoms with van der Waals surface area (Å²) in [6.45, 7) is 2.06. The molecular formula is C14H27N3O. The van der Waals surface area contributed by atoms with E-state index in [1.807, 2.05) is 11.9 Å². The van der Waals surface area contributed by atoms with Crippen molar-refractivity contribution in [3.8, 4) is 0 Å². The third kappa shape index (κ3) is 3.23. The van der Waals surface area contributed by atoms with Gasteiger partial charge < -0.3 is 15.5 Å². The van der Waals surface area contributed by atoms with Gasteiger partial charge in [-0.05, 0) is 52.1 Å². The Morgan fingerprint density at radius 3 is 2.50 bits per heavy atom. The fraction of sp³-hybridized carbons (Fsp3) is 0.929. The van der Waals surface area contributed by atoms with Crippen LogP contribution in [0.5, 0.6) is 0 Å². The second kappa shape index (κ2) is 6.02. The van der Waals surface area contributed by atoms with Crippen LogP contribution in [-0.2, 0) is 4.79 Å². The van der Waals surface area contributed by atoms with Gasteiger partial charge in [-0.25, -0.2) is 0 Å². The van der Waals surface area contributed by atoms with E-state index in [1.165, 1.54) is 19.4 Å². The Morgan fingerprint density at radius 2 is 1.94 bits per heavy atom. The molecule has 104 valence electrons. The Kier molecular flexibility index (Phi) is 4.62. The number of hydrogen-bond donors (Lipinski definition) is 1. The number of nitrogens with zero attached hydrogens (tertiary/aromatic N) is 2. The highest BCUT2D eigenvalue weighted by Gasteiger charge is 2.29. The van der Waals surface area contributed by atoms with Crippen LogP contribution in [-0.4, -0.2) is 55.0 Å². The number of likely N-dealkylation sites (tertiary alicyclic amines) is 1. The van der Waals surface area contributed by atoms with Crippen molar-refractivity contribution in [3.63, 3.8) is 0 Å². The second-order valence-corrected chi connectivity index (χ2v) is 6.11. The van der Waals surface area contributed by atoms with Crippen molar-refractivity contribution in [1.82, 2.24) is 9.80 Å². The van der Waals surface area contributed by atoms with E-state index in [1.54, 1.807) is 0 Å². The zero-order chi connectivity index (χ0) is 13.1. The first-order chi connectivity index (χ1) is 8.58. The van der Waals surface area contributed by atoms with Crippen LogP contribution in [0, 0.1) is 5.92 Å². The Bertz CT molecular complexity index is 287. The predicted octanol–water partition coefficient (Wildman–Crippen LogP) is 1.06. The lowest BCUT2D eigenvalue weighted by molar-refractivity contribution is -0.135. The lowest BCUT2D eigenvalue weighted by Crippen LogP contribution is -2.43. The number of amides is 1. The highest BCUT2D eigenvalue weighted by atomic mass is 16.2. The molecule has 1 aliphatic carbocycles. The zero-order valence-electron chi connectivity index (χ0n) is 11.8. The highest BCUT2D eigenvalue weighted by Crippen LogP contribution is 2.25. The Hall–Kier alpha value is -0.610. The molecule has 2 aliphatic rings. The molecule has 0 aromatic carbocycles.